The Morgan fingerprint density at radius 1 is 1.25 bits per heavy atom. The van der Waals surface area contributed by atoms with E-state index in [1.54, 1.807) is 7.11 Å². The van der Waals surface area contributed by atoms with E-state index >= 15 is 0 Å². The van der Waals surface area contributed by atoms with Crippen molar-refractivity contribution in [2.75, 3.05) is 33.4 Å². The van der Waals surface area contributed by atoms with Gasteiger partial charge in [-0.1, -0.05) is 0 Å². The van der Waals surface area contributed by atoms with Crippen molar-refractivity contribution >= 4 is 0 Å². The van der Waals surface area contributed by atoms with E-state index < -0.39 is 6.10 Å². The second-order valence-corrected chi connectivity index (χ2v) is 9.13. The molecule has 4 atom stereocenters. The molecule has 6 nitrogen and oxygen atoms in total. The molecule has 0 spiro atoms. The van der Waals surface area contributed by atoms with Gasteiger partial charge < -0.3 is 24.1 Å². The molecular weight excluding hydrogens is 358 g/mol. The summed E-state index contributed by atoms with van der Waals surface area (Å²) in [7, 11) is 1.68. The van der Waals surface area contributed by atoms with Crippen LogP contribution in [0.25, 0.3) is 0 Å². The first-order valence-corrected chi connectivity index (χ1v) is 10.4. The average molecular weight is 392 g/mol. The van der Waals surface area contributed by atoms with Crippen molar-refractivity contribution in [1.82, 2.24) is 4.90 Å². The van der Waals surface area contributed by atoms with E-state index in [0.29, 0.717) is 13.0 Å². The van der Waals surface area contributed by atoms with E-state index in [9.17, 15) is 5.11 Å². The Balaban J connectivity index is 1.52. The molecular formula is C22H33NO5. The smallest absolute Gasteiger partial charge is 0.161 e. The Kier molecular flexibility index (Phi) is 5.58. The number of methoxy groups -OCH3 is 1. The summed E-state index contributed by atoms with van der Waals surface area (Å²) in [5.74, 6) is 1.54. The third-order valence-electron chi connectivity index (χ3n) is 5.93. The van der Waals surface area contributed by atoms with Gasteiger partial charge in [0.05, 0.1) is 31.0 Å². The fraction of sp³-hybridized carbons (Fsp3) is 0.727. The van der Waals surface area contributed by atoms with Crippen molar-refractivity contribution in [3.05, 3.63) is 23.3 Å². The van der Waals surface area contributed by atoms with Crippen molar-refractivity contribution in [1.29, 1.82) is 0 Å². The van der Waals surface area contributed by atoms with Crippen LogP contribution >= 0.6 is 0 Å². The molecule has 0 aliphatic carbocycles. The summed E-state index contributed by atoms with van der Waals surface area (Å²) in [4.78, 5) is 2.44. The number of hydrogen-bond acceptors (Lipinski definition) is 6. The quantitative estimate of drug-likeness (QED) is 0.833. The van der Waals surface area contributed by atoms with E-state index in [-0.39, 0.29) is 23.9 Å². The lowest BCUT2D eigenvalue weighted by Gasteiger charge is -2.46. The Hall–Kier alpha value is -1.34. The maximum Gasteiger partial charge on any atom is 0.161 e. The van der Waals surface area contributed by atoms with Gasteiger partial charge in [0.2, 0.25) is 0 Å². The number of nitrogens with zero attached hydrogens (tertiary/aromatic N) is 1. The molecule has 3 aliphatic heterocycles. The van der Waals surface area contributed by atoms with Crippen molar-refractivity contribution < 1.29 is 24.1 Å². The number of ether oxygens (including phenoxy) is 4. The number of hydrogen-bond donors (Lipinski definition) is 1. The van der Waals surface area contributed by atoms with Crippen LogP contribution in [-0.4, -0.2) is 67.3 Å². The topological polar surface area (TPSA) is 60.4 Å². The van der Waals surface area contributed by atoms with Crippen LogP contribution in [0.2, 0.25) is 0 Å². The molecule has 2 fully saturated rings. The molecule has 3 aliphatic rings. The largest absolute Gasteiger partial charge is 0.493 e. The zero-order valence-electron chi connectivity index (χ0n) is 17.4. The van der Waals surface area contributed by atoms with Gasteiger partial charge in [0.25, 0.3) is 0 Å². The fourth-order valence-electron chi connectivity index (χ4n) is 4.43. The van der Waals surface area contributed by atoms with Crippen molar-refractivity contribution in [3.63, 3.8) is 0 Å². The van der Waals surface area contributed by atoms with Gasteiger partial charge in [-0.3, -0.25) is 4.90 Å². The third-order valence-corrected chi connectivity index (χ3v) is 5.93. The molecule has 0 bridgehead atoms. The fourth-order valence-corrected chi connectivity index (χ4v) is 4.43. The Bertz CT molecular complexity index is 697. The second kappa shape index (κ2) is 7.82. The number of fused-ring (bicyclic) bond motifs is 3. The van der Waals surface area contributed by atoms with Gasteiger partial charge in [0.1, 0.15) is 6.61 Å². The highest BCUT2D eigenvalue weighted by Gasteiger charge is 2.40. The molecule has 1 aromatic carbocycles. The van der Waals surface area contributed by atoms with E-state index in [2.05, 4.69) is 17.0 Å². The van der Waals surface area contributed by atoms with Crippen LogP contribution in [-0.2, 0) is 15.9 Å². The summed E-state index contributed by atoms with van der Waals surface area (Å²) in [5.41, 5.74) is 2.27. The Morgan fingerprint density at radius 2 is 2.04 bits per heavy atom. The standard InChI is InChI=1S/C22H33NO5/c1-22(2,3)28-21-12-23-7-5-14-9-20(27-13-15-6-8-26-15)19(25-4)10-16(14)17(23)11-18(21)24/h9-10,15,17-18,21,24H,5-8,11-13H2,1-4H3/t15-,17-,18-,21-/m1/s1. The summed E-state index contributed by atoms with van der Waals surface area (Å²) in [6.45, 7) is 9.23. The normalized spacial score (nSPS) is 30.2. The van der Waals surface area contributed by atoms with Gasteiger partial charge >= 0.3 is 0 Å². The molecule has 0 aromatic heterocycles. The summed E-state index contributed by atoms with van der Waals surface area (Å²) >= 11 is 0. The highest BCUT2D eigenvalue weighted by molar-refractivity contribution is 5.49. The molecule has 1 N–H and O–H groups in total. The SMILES string of the molecule is COc1cc2c(cc1OC[C@H]1CCO1)CCN1C[C@@H](OC(C)(C)C)[C@H](O)C[C@H]21. The van der Waals surface area contributed by atoms with Gasteiger partial charge in [-0.15, -0.1) is 0 Å². The molecule has 6 heteroatoms. The first kappa shape index (κ1) is 20.0. The lowest BCUT2D eigenvalue weighted by Crippen LogP contribution is -2.53. The van der Waals surface area contributed by atoms with Gasteiger partial charge in [0.15, 0.2) is 11.5 Å². The zero-order chi connectivity index (χ0) is 19.9. The van der Waals surface area contributed by atoms with E-state index in [0.717, 1.165) is 44.0 Å². The van der Waals surface area contributed by atoms with Gasteiger partial charge in [-0.25, -0.2) is 0 Å². The maximum atomic E-state index is 10.7. The third kappa shape index (κ3) is 4.15. The van der Waals surface area contributed by atoms with Gasteiger partial charge in [-0.05, 0) is 56.9 Å². The second-order valence-electron chi connectivity index (χ2n) is 9.13. The lowest BCUT2D eigenvalue weighted by molar-refractivity contribution is -0.149. The molecule has 0 unspecified atom stereocenters. The monoisotopic (exact) mass is 391 g/mol. The molecule has 0 radical (unpaired) electrons. The number of aliphatic hydroxyl groups excluding tert-OH is 1. The minimum atomic E-state index is -0.468. The van der Waals surface area contributed by atoms with Gasteiger partial charge in [-0.2, -0.15) is 0 Å². The number of benzene rings is 1. The van der Waals surface area contributed by atoms with Crippen LogP contribution in [0.4, 0.5) is 0 Å². The molecule has 0 amide bonds. The van der Waals surface area contributed by atoms with E-state index in [4.69, 9.17) is 18.9 Å². The molecule has 4 rings (SSSR count). The number of aliphatic hydroxyl groups is 1. The number of piperidine rings is 1. The summed E-state index contributed by atoms with van der Waals surface area (Å²) < 4.78 is 23.2. The average Bonchev–Trinajstić information content (AvgIpc) is 2.59. The zero-order valence-corrected chi connectivity index (χ0v) is 17.4. The van der Waals surface area contributed by atoms with Crippen LogP contribution < -0.4 is 9.47 Å². The van der Waals surface area contributed by atoms with Crippen LogP contribution in [0.3, 0.4) is 0 Å². The highest BCUT2D eigenvalue weighted by Crippen LogP contribution is 2.42. The van der Waals surface area contributed by atoms with E-state index in [1.807, 2.05) is 20.8 Å². The van der Waals surface area contributed by atoms with Crippen LogP contribution in [0.1, 0.15) is 50.8 Å². The molecule has 156 valence electrons. The van der Waals surface area contributed by atoms with Crippen LogP contribution in [0, 0.1) is 0 Å². The number of rotatable bonds is 5. The Labute approximate surface area is 167 Å². The Morgan fingerprint density at radius 3 is 2.68 bits per heavy atom. The minimum Gasteiger partial charge on any atom is -0.493 e. The lowest BCUT2D eigenvalue weighted by atomic mass is 9.84. The maximum absolute atomic E-state index is 10.7. The first-order chi connectivity index (χ1) is 13.3. The predicted octanol–water partition coefficient (Wildman–Crippen LogP) is 2.71. The minimum absolute atomic E-state index is 0.148. The molecule has 0 saturated carbocycles. The van der Waals surface area contributed by atoms with Crippen molar-refractivity contribution in [3.8, 4) is 11.5 Å². The van der Waals surface area contributed by atoms with E-state index in [1.165, 1.54) is 11.1 Å². The molecule has 2 saturated heterocycles. The molecule has 1 aromatic rings. The van der Waals surface area contributed by atoms with Crippen LogP contribution in [0.15, 0.2) is 12.1 Å². The summed E-state index contributed by atoms with van der Waals surface area (Å²) in [5, 5.41) is 10.7. The summed E-state index contributed by atoms with van der Waals surface area (Å²) in [6, 6.07) is 4.41. The predicted molar refractivity (Wildman–Crippen MR) is 106 cm³/mol. The van der Waals surface area contributed by atoms with Crippen molar-refractivity contribution in [2.45, 2.75) is 70.0 Å². The van der Waals surface area contributed by atoms with Crippen LogP contribution in [0.5, 0.6) is 11.5 Å². The molecule has 3 heterocycles. The summed E-state index contributed by atoms with van der Waals surface area (Å²) in [6.07, 6.45) is 2.27. The molecule has 28 heavy (non-hydrogen) atoms. The first-order valence-electron chi connectivity index (χ1n) is 10.4. The highest BCUT2D eigenvalue weighted by atomic mass is 16.6. The van der Waals surface area contributed by atoms with Gasteiger partial charge in [0, 0.05) is 32.2 Å². The van der Waals surface area contributed by atoms with Crippen molar-refractivity contribution in [2.24, 2.45) is 0 Å².